The first-order valence-corrected chi connectivity index (χ1v) is 9.73. The van der Waals surface area contributed by atoms with Crippen LogP contribution in [0.15, 0.2) is 37.1 Å². The summed E-state index contributed by atoms with van der Waals surface area (Å²) in [7, 11) is 0. The van der Waals surface area contributed by atoms with Crippen LogP contribution in [0.3, 0.4) is 0 Å². The fraction of sp³-hybridized carbons (Fsp3) is 0.294. The van der Waals surface area contributed by atoms with E-state index in [1.54, 1.807) is 30.5 Å². The van der Waals surface area contributed by atoms with Gasteiger partial charge in [0.25, 0.3) is 0 Å². The van der Waals surface area contributed by atoms with Crippen LogP contribution >= 0.6 is 24.0 Å². The Labute approximate surface area is 160 Å². The third kappa shape index (κ3) is 5.13. The van der Waals surface area contributed by atoms with Crippen molar-refractivity contribution in [3.05, 3.63) is 64.2 Å². The Morgan fingerprint density at radius 1 is 1.27 bits per heavy atom. The Morgan fingerprint density at radius 2 is 2.19 bits per heavy atom. The lowest BCUT2D eigenvalue weighted by Gasteiger charge is -2.07. The van der Waals surface area contributed by atoms with Gasteiger partial charge in [-0.05, 0) is 11.6 Å². The molecule has 0 saturated carbocycles. The molecule has 0 aromatic carbocycles. The third-order valence-corrected chi connectivity index (χ3v) is 5.07. The average molecular weight is 389 g/mol. The molecule has 0 aliphatic rings. The Bertz CT molecular complexity index is 880. The zero-order chi connectivity index (χ0) is 18.2. The number of anilines is 1. The molecule has 0 amide bonds. The van der Waals surface area contributed by atoms with Crippen LogP contribution in [0.2, 0.25) is 0 Å². The highest BCUT2D eigenvalue weighted by molar-refractivity contribution is 7.98. The van der Waals surface area contributed by atoms with Crippen LogP contribution in [-0.2, 0) is 18.8 Å². The van der Waals surface area contributed by atoms with E-state index in [0.29, 0.717) is 17.0 Å². The van der Waals surface area contributed by atoms with Gasteiger partial charge in [-0.3, -0.25) is 4.98 Å². The molecule has 0 spiro atoms. The number of rotatable bonds is 9. The highest BCUT2D eigenvalue weighted by Gasteiger charge is 2.05. The number of thioether (sulfide) groups is 1. The molecular weight excluding hydrogens is 368 g/mol. The van der Waals surface area contributed by atoms with Gasteiger partial charge in [0.15, 0.2) is 0 Å². The summed E-state index contributed by atoms with van der Waals surface area (Å²) in [6.07, 6.45) is 7.71. The SMILES string of the molecule is OCc1[nH]cnc1CSCCNc1ncc(Cc2cccnc2)c(=S)[nH]1. The highest BCUT2D eigenvalue weighted by Crippen LogP contribution is 2.14. The summed E-state index contributed by atoms with van der Waals surface area (Å²) in [6, 6.07) is 3.93. The van der Waals surface area contributed by atoms with Crippen molar-refractivity contribution in [1.82, 2.24) is 24.9 Å². The lowest BCUT2D eigenvalue weighted by atomic mass is 10.1. The largest absolute Gasteiger partial charge is 0.390 e. The smallest absolute Gasteiger partial charge is 0.201 e. The summed E-state index contributed by atoms with van der Waals surface area (Å²) >= 11 is 7.16. The number of aliphatic hydroxyl groups is 1. The second kappa shape index (κ2) is 9.46. The molecule has 0 atom stereocenters. The van der Waals surface area contributed by atoms with Gasteiger partial charge in [0.05, 0.1) is 24.3 Å². The van der Waals surface area contributed by atoms with Gasteiger partial charge in [-0.15, -0.1) is 0 Å². The van der Waals surface area contributed by atoms with Gasteiger partial charge in [0.2, 0.25) is 5.95 Å². The van der Waals surface area contributed by atoms with Crippen LogP contribution < -0.4 is 5.32 Å². The number of hydrogen-bond acceptors (Lipinski definition) is 7. The first kappa shape index (κ1) is 18.6. The molecule has 0 fully saturated rings. The number of aliphatic hydroxyl groups excluding tert-OH is 1. The molecule has 0 aliphatic carbocycles. The fourth-order valence-electron chi connectivity index (χ4n) is 2.38. The van der Waals surface area contributed by atoms with E-state index in [-0.39, 0.29) is 6.61 Å². The molecule has 3 aromatic rings. The molecule has 0 saturated heterocycles. The number of aromatic nitrogens is 5. The van der Waals surface area contributed by atoms with E-state index in [4.69, 9.17) is 12.2 Å². The normalized spacial score (nSPS) is 10.8. The molecule has 3 rings (SSSR count). The Balaban J connectivity index is 1.45. The van der Waals surface area contributed by atoms with Gasteiger partial charge < -0.3 is 20.4 Å². The Kier molecular flexibility index (Phi) is 6.75. The summed E-state index contributed by atoms with van der Waals surface area (Å²) in [5.74, 6) is 2.31. The van der Waals surface area contributed by atoms with E-state index in [2.05, 4.69) is 30.2 Å². The first-order valence-electron chi connectivity index (χ1n) is 8.17. The molecule has 3 aromatic heterocycles. The van der Waals surface area contributed by atoms with E-state index >= 15 is 0 Å². The molecule has 0 radical (unpaired) electrons. The summed E-state index contributed by atoms with van der Waals surface area (Å²) in [5.41, 5.74) is 3.75. The molecule has 3 heterocycles. The zero-order valence-electron chi connectivity index (χ0n) is 14.1. The van der Waals surface area contributed by atoms with Crippen LogP contribution in [0.5, 0.6) is 0 Å². The maximum atomic E-state index is 9.18. The summed E-state index contributed by atoms with van der Waals surface area (Å²) < 4.78 is 0.683. The molecule has 0 unspecified atom stereocenters. The standard InChI is InChI=1S/C17H20N6OS2/c24-9-14-15(22-11-21-14)10-26-5-4-19-17-20-8-13(16(25)23-17)6-12-2-1-3-18-7-12/h1-3,7-8,11,24H,4-6,9-10H2,(H,21,22)(H2,19,20,23,25). The molecule has 4 N–H and O–H groups in total. The lowest BCUT2D eigenvalue weighted by molar-refractivity contribution is 0.276. The van der Waals surface area contributed by atoms with Gasteiger partial charge in [0, 0.05) is 48.6 Å². The van der Waals surface area contributed by atoms with Crippen molar-refractivity contribution < 1.29 is 5.11 Å². The summed E-state index contributed by atoms with van der Waals surface area (Å²) in [5, 5.41) is 12.4. The van der Waals surface area contributed by atoms with Gasteiger partial charge in [0.1, 0.15) is 4.64 Å². The van der Waals surface area contributed by atoms with E-state index in [1.165, 1.54) is 0 Å². The van der Waals surface area contributed by atoms with Crippen molar-refractivity contribution in [3.63, 3.8) is 0 Å². The Hall–Kier alpha value is -2.23. The maximum absolute atomic E-state index is 9.18. The molecule has 0 bridgehead atoms. The van der Waals surface area contributed by atoms with Gasteiger partial charge in [-0.2, -0.15) is 11.8 Å². The quantitative estimate of drug-likeness (QED) is 0.330. The Morgan fingerprint density at radius 3 is 2.96 bits per heavy atom. The minimum atomic E-state index is -0.0139. The van der Waals surface area contributed by atoms with Crippen LogP contribution in [0, 0.1) is 4.64 Å². The van der Waals surface area contributed by atoms with Crippen molar-refractivity contribution >= 4 is 29.9 Å². The minimum Gasteiger partial charge on any atom is -0.390 e. The lowest BCUT2D eigenvalue weighted by Crippen LogP contribution is -2.08. The summed E-state index contributed by atoms with van der Waals surface area (Å²) in [6.45, 7) is 0.740. The number of H-pyrrole nitrogens is 2. The van der Waals surface area contributed by atoms with Crippen LogP contribution in [0.25, 0.3) is 0 Å². The van der Waals surface area contributed by atoms with Crippen molar-refractivity contribution in [3.8, 4) is 0 Å². The van der Waals surface area contributed by atoms with Gasteiger partial charge in [-0.1, -0.05) is 18.3 Å². The third-order valence-electron chi connectivity index (χ3n) is 3.73. The van der Waals surface area contributed by atoms with E-state index in [0.717, 1.165) is 40.6 Å². The van der Waals surface area contributed by atoms with E-state index in [9.17, 15) is 5.11 Å². The molecule has 136 valence electrons. The minimum absolute atomic E-state index is 0.0139. The maximum Gasteiger partial charge on any atom is 0.201 e. The van der Waals surface area contributed by atoms with E-state index in [1.807, 2.05) is 18.3 Å². The molecule has 7 nitrogen and oxygen atoms in total. The first-order chi connectivity index (χ1) is 12.8. The molecule has 9 heteroatoms. The fourth-order valence-corrected chi connectivity index (χ4v) is 3.44. The number of nitrogens with one attached hydrogen (secondary N) is 3. The number of imidazole rings is 1. The predicted molar refractivity (Wildman–Crippen MR) is 106 cm³/mol. The second-order valence-corrected chi connectivity index (χ2v) is 7.10. The van der Waals surface area contributed by atoms with Crippen molar-refractivity contribution in [2.75, 3.05) is 17.6 Å². The monoisotopic (exact) mass is 388 g/mol. The number of nitrogens with zero attached hydrogens (tertiary/aromatic N) is 3. The highest BCUT2D eigenvalue weighted by atomic mass is 32.2. The zero-order valence-corrected chi connectivity index (χ0v) is 15.7. The average Bonchev–Trinajstić information content (AvgIpc) is 3.12. The predicted octanol–water partition coefficient (Wildman–Crippen LogP) is 2.69. The summed E-state index contributed by atoms with van der Waals surface area (Å²) in [4.78, 5) is 18.8. The topological polar surface area (TPSA) is 103 Å². The second-order valence-electron chi connectivity index (χ2n) is 5.59. The van der Waals surface area contributed by atoms with Crippen molar-refractivity contribution in [2.24, 2.45) is 0 Å². The van der Waals surface area contributed by atoms with E-state index < -0.39 is 0 Å². The number of hydrogen-bond donors (Lipinski definition) is 4. The van der Waals surface area contributed by atoms with Crippen LogP contribution in [0.1, 0.15) is 22.5 Å². The molecule has 0 aliphatic heterocycles. The van der Waals surface area contributed by atoms with Crippen LogP contribution in [-0.4, -0.2) is 42.3 Å². The molecular formula is C17H20N6OS2. The van der Waals surface area contributed by atoms with Crippen molar-refractivity contribution in [1.29, 1.82) is 0 Å². The van der Waals surface area contributed by atoms with Gasteiger partial charge >= 0.3 is 0 Å². The van der Waals surface area contributed by atoms with Gasteiger partial charge in [-0.25, -0.2) is 9.97 Å². The van der Waals surface area contributed by atoms with Crippen molar-refractivity contribution in [2.45, 2.75) is 18.8 Å². The molecule has 26 heavy (non-hydrogen) atoms. The van der Waals surface area contributed by atoms with Crippen LogP contribution in [0.4, 0.5) is 5.95 Å². The number of pyridine rings is 1. The number of aromatic amines is 2.